The van der Waals surface area contributed by atoms with Gasteiger partial charge in [-0.2, -0.15) is 10.2 Å². The van der Waals surface area contributed by atoms with Crippen LogP contribution in [0.5, 0.6) is 0 Å². The molecule has 5 nitrogen and oxygen atoms in total. The number of aromatic nitrogens is 2. The molecule has 94 valence electrons. The number of hydrogen-bond donors (Lipinski definition) is 0. The second-order valence-electron chi connectivity index (χ2n) is 4.91. The van der Waals surface area contributed by atoms with Gasteiger partial charge in [0.1, 0.15) is 6.10 Å². The molecule has 1 heterocycles. The van der Waals surface area contributed by atoms with Crippen LogP contribution in [-0.2, 0) is 11.2 Å². The second kappa shape index (κ2) is 5.78. The van der Waals surface area contributed by atoms with E-state index in [1.165, 1.54) is 0 Å². The third-order valence-electron chi connectivity index (χ3n) is 2.29. The fourth-order valence-electron chi connectivity index (χ4n) is 1.52. The molecule has 0 aliphatic heterocycles. The molecule has 0 fully saturated rings. The third-order valence-corrected chi connectivity index (χ3v) is 2.29. The lowest BCUT2D eigenvalue weighted by molar-refractivity contribution is -0.0203. The summed E-state index contributed by atoms with van der Waals surface area (Å²) in [4.78, 5) is 4.28. The van der Waals surface area contributed by atoms with Crippen LogP contribution in [0.1, 0.15) is 51.9 Å². The highest BCUT2D eigenvalue weighted by atomic mass is 16.5. The van der Waals surface area contributed by atoms with E-state index in [9.17, 15) is 0 Å². The Balaban J connectivity index is 2.81. The predicted octanol–water partition coefficient (Wildman–Crippen LogP) is 2.65. The molecule has 0 amide bonds. The summed E-state index contributed by atoms with van der Waals surface area (Å²) in [6.45, 7) is 8.75. The Morgan fingerprint density at radius 3 is 2.71 bits per heavy atom. The van der Waals surface area contributed by atoms with Gasteiger partial charge in [0.25, 0.3) is 0 Å². The van der Waals surface area contributed by atoms with Gasteiger partial charge in [-0.3, -0.25) is 0 Å². The molecule has 1 aromatic rings. The van der Waals surface area contributed by atoms with E-state index in [0.29, 0.717) is 31.2 Å². The largest absolute Gasteiger partial charge is 0.370 e. The van der Waals surface area contributed by atoms with Crippen LogP contribution >= 0.6 is 0 Å². The highest BCUT2D eigenvalue weighted by molar-refractivity contribution is 4.97. The first kappa shape index (κ1) is 13.7. The molecule has 0 N–H and O–H groups in total. The summed E-state index contributed by atoms with van der Waals surface area (Å²) in [6, 6.07) is 2.05. The minimum absolute atomic E-state index is 0.0909. The fraction of sp³-hybridized carbons (Fsp3) is 0.750. The van der Waals surface area contributed by atoms with Crippen molar-refractivity contribution in [1.29, 1.82) is 5.26 Å². The van der Waals surface area contributed by atoms with Crippen molar-refractivity contribution >= 4 is 0 Å². The molecule has 0 spiro atoms. The molecule has 0 aliphatic rings. The van der Waals surface area contributed by atoms with E-state index >= 15 is 0 Å². The van der Waals surface area contributed by atoms with Gasteiger partial charge in [-0.25, -0.2) is 0 Å². The van der Waals surface area contributed by atoms with Crippen LogP contribution in [0.4, 0.5) is 0 Å². The molecular formula is C12H19N3O2. The summed E-state index contributed by atoms with van der Waals surface area (Å²) in [7, 11) is 0. The molecule has 0 radical (unpaired) electrons. The number of ether oxygens (including phenoxy) is 1. The maximum absolute atomic E-state index is 8.49. The van der Waals surface area contributed by atoms with Crippen molar-refractivity contribution in [3.8, 4) is 6.07 Å². The summed E-state index contributed by atoms with van der Waals surface area (Å²) in [5.74, 6) is 1.06. The SMILES string of the molecule is CCOC(c1noc(CCC#N)n1)C(C)(C)C. The monoisotopic (exact) mass is 237 g/mol. The molecule has 0 aliphatic carbocycles. The van der Waals surface area contributed by atoms with Gasteiger partial charge in [0.05, 0.1) is 6.07 Å². The van der Waals surface area contributed by atoms with E-state index in [4.69, 9.17) is 14.5 Å². The lowest BCUT2D eigenvalue weighted by atomic mass is 9.88. The van der Waals surface area contributed by atoms with E-state index in [0.717, 1.165) is 0 Å². The highest BCUT2D eigenvalue weighted by Gasteiger charge is 2.31. The number of rotatable bonds is 5. The van der Waals surface area contributed by atoms with Gasteiger partial charge < -0.3 is 9.26 Å². The van der Waals surface area contributed by atoms with Crippen LogP contribution in [0.2, 0.25) is 0 Å². The average molecular weight is 237 g/mol. The number of nitriles is 1. The molecule has 0 saturated heterocycles. The number of nitrogens with zero attached hydrogens (tertiary/aromatic N) is 3. The summed E-state index contributed by atoms with van der Waals surface area (Å²) in [5, 5.41) is 12.4. The standard InChI is InChI=1S/C12H19N3O2/c1-5-16-10(12(2,3)4)11-14-9(17-15-11)7-6-8-13/h10H,5-7H2,1-4H3. The summed E-state index contributed by atoms with van der Waals surface area (Å²) in [5.41, 5.74) is -0.0909. The van der Waals surface area contributed by atoms with Crippen LogP contribution < -0.4 is 0 Å². The van der Waals surface area contributed by atoms with Crippen LogP contribution in [0, 0.1) is 16.7 Å². The van der Waals surface area contributed by atoms with Gasteiger partial charge in [-0.15, -0.1) is 0 Å². The molecule has 0 bridgehead atoms. The predicted molar refractivity (Wildman–Crippen MR) is 62.1 cm³/mol. The Morgan fingerprint density at radius 2 is 2.18 bits per heavy atom. The molecular weight excluding hydrogens is 218 g/mol. The van der Waals surface area contributed by atoms with Crippen molar-refractivity contribution in [2.24, 2.45) is 5.41 Å². The Labute approximate surface area is 102 Å². The van der Waals surface area contributed by atoms with Gasteiger partial charge in [0, 0.05) is 19.4 Å². The molecule has 17 heavy (non-hydrogen) atoms. The first-order valence-electron chi connectivity index (χ1n) is 5.80. The Morgan fingerprint density at radius 1 is 1.47 bits per heavy atom. The molecule has 1 rings (SSSR count). The summed E-state index contributed by atoms with van der Waals surface area (Å²) < 4.78 is 10.8. The van der Waals surface area contributed by atoms with Crippen LogP contribution in [-0.4, -0.2) is 16.7 Å². The van der Waals surface area contributed by atoms with Crippen molar-refractivity contribution in [3.63, 3.8) is 0 Å². The summed E-state index contributed by atoms with van der Waals surface area (Å²) in [6.07, 6.45) is 0.690. The quantitative estimate of drug-likeness (QED) is 0.787. The van der Waals surface area contributed by atoms with Crippen LogP contribution in [0.3, 0.4) is 0 Å². The van der Waals surface area contributed by atoms with Crippen LogP contribution in [0.25, 0.3) is 0 Å². The maximum atomic E-state index is 8.49. The molecule has 0 saturated carbocycles. The Hall–Kier alpha value is -1.41. The van der Waals surface area contributed by atoms with E-state index in [1.807, 2.05) is 6.92 Å². The first-order chi connectivity index (χ1) is 7.99. The zero-order valence-electron chi connectivity index (χ0n) is 10.9. The minimum Gasteiger partial charge on any atom is -0.370 e. The number of hydrogen-bond acceptors (Lipinski definition) is 5. The first-order valence-corrected chi connectivity index (χ1v) is 5.80. The third kappa shape index (κ3) is 3.82. The number of aryl methyl sites for hydroxylation is 1. The zero-order chi connectivity index (χ0) is 12.9. The van der Waals surface area contributed by atoms with Crippen molar-refractivity contribution in [2.75, 3.05) is 6.61 Å². The van der Waals surface area contributed by atoms with Gasteiger partial charge in [0.2, 0.25) is 11.7 Å². The van der Waals surface area contributed by atoms with Gasteiger partial charge in [-0.05, 0) is 12.3 Å². The van der Waals surface area contributed by atoms with E-state index < -0.39 is 0 Å². The van der Waals surface area contributed by atoms with Crippen LogP contribution in [0.15, 0.2) is 4.52 Å². The van der Waals surface area contributed by atoms with Crippen molar-refractivity contribution < 1.29 is 9.26 Å². The minimum atomic E-state index is -0.188. The van der Waals surface area contributed by atoms with E-state index in [-0.39, 0.29) is 11.5 Å². The van der Waals surface area contributed by atoms with Gasteiger partial charge in [0.15, 0.2) is 0 Å². The van der Waals surface area contributed by atoms with Gasteiger partial charge in [-0.1, -0.05) is 25.9 Å². The van der Waals surface area contributed by atoms with Gasteiger partial charge >= 0.3 is 0 Å². The van der Waals surface area contributed by atoms with Crippen molar-refractivity contribution in [2.45, 2.75) is 46.6 Å². The zero-order valence-corrected chi connectivity index (χ0v) is 10.9. The Kier molecular flexibility index (Phi) is 4.64. The van der Waals surface area contributed by atoms with E-state index in [2.05, 4.69) is 37.0 Å². The lowest BCUT2D eigenvalue weighted by Gasteiger charge is -2.27. The lowest BCUT2D eigenvalue weighted by Crippen LogP contribution is -2.22. The molecule has 0 aromatic carbocycles. The normalized spacial score (nSPS) is 13.4. The fourth-order valence-corrected chi connectivity index (χ4v) is 1.52. The molecule has 1 atom stereocenters. The smallest absolute Gasteiger partial charge is 0.227 e. The van der Waals surface area contributed by atoms with E-state index in [1.54, 1.807) is 0 Å². The second-order valence-corrected chi connectivity index (χ2v) is 4.91. The average Bonchev–Trinajstić information content (AvgIpc) is 2.69. The summed E-state index contributed by atoms with van der Waals surface area (Å²) >= 11 is 0. The topological polar surface area (TPSA) is 71.9 Å². The molecule has 1 unspecified atom stereocenters. The van der Waals surface area contributed by atoms with Crippen molar-refractivity contribution in [3.05, 3.63) is 11.7 Å². The maximum Gasteiger partial charge on any atom is 0.227 e. The Bertz CT molecular complexity index is 387. The van der Waals surface area contributed by atoms with Crippen molar-refractivity contribution in [1.82, 2.24) is 10.1 Å². The molecule has 1 aromatic heterocycles. The molecule has 5 heteroatoms. The highest BCUT2D eigenvalue weighted by Crippen LogP contribution is 2.34.